The number of hydrogen-bond donors (Lipinski definition) is 3. The topological polar surface area (TPSA) is 78.0 Å². The molecular weight excluding hydrogens is 378 g/mol. The lowest BCUT2D eigenvalue weighted by molar-refractivity contribution is -0.116. The number of hydrogen-bond acceptors (Lipinski definition) is 4. The number of carbonyl (C=O) groups is 1. The molecule has 0 radical (unpaired) electrons. The Kier molecular flexibility index (Phi) is 10.1. The summed E-state index contributed by atoms with van der Waals surface area (Å²) >= 11 is 5.85. The van der Waals surface area contributed by atoms with Gasteiger partial charge in [-0.3, -0.25) is 14.7 Å². The van der Waals surface area contributed by atoms with E-state index in [0.717, 1.165) is 57.5 Å². The Morgan fingerprint density at radius 1 is 1.25 bits per heavy atom. The lowest BCUT2D eigenvalue weighted by Gasteiger charge is -2.31. The van der Waals surface area contributed by atoms with E-state index in [1.165, 1.54) is 0 Å². The van der Waals surface area contributed by atoms with Gasteiger partial charge in [-0.1, -0.05) is 11.6 Å². The van der Waals surface area contributed by atoms with Crippen LogP contribution >= 0.6 is 11.6 Å². The first kappa shape index (κ1) is 22.5. The zero-order chi connectivity index (χ0) is 20.2. The van der Waals surface area contributed by atoms with E-state index in [-0.39, 0.29) is 5.91 Å². The SMILES string of the molecule is CCNC(=NCC(C)N1CCOCC1)NCCCC(=O)Nc1ccc(Cl)cc1. The van der Waals surface area contributed by atoms with Crippen molar-refractivity contribution in [3.05, 3.63) is 29.3 Å². The van der Waals surface area contributed by atoms with E-state index in [2.05, 4.69) is 32.8 Å². The van der Waals surface area contributed by atoms with Crippen LogP contribution in [-0.4, -0.2) is 68.7 Å². The van der Waals surface area contributed by atoms with Crippen molar-refractivity contribution in [2.24, 2.45) is 4.99 Å². The van der Waals surface area contributed by atoms with E-state index in [0.29, 0.717) is 24.0 Å². The van der Waals surface area contributed by atoms with Gasteiger partial charge in [0, 0.05) is 49.4 Å². The largest absolute Gasteiger partial charge is 0.379 e. The Labute approximate surface area is 172 Å². The summed E-state index contributed by atoms with van der Waals surface area (Å²) in [6.45, 7) is 9.97. The Hall–Kier alpha value is -1.83. The third-order valence-electron chi connectivity index (χ3n) is 4.53. The second-order valence-corrected chi connectivity index (χ2v) is 7.24. The van der Waals surface area contributed by atoms with Crippen LogP contribution in [-0.2, 0) is 9.53 Å². The second-order valence-electron chi connectivity index (χ2n) is 6.80. The Morgan fingerprint density at radius 3 is 2.64 bits per heavy atom. The van der Waals surface area contributed by atoms with Gasteiger partial charge in [0.15, 0.2) is 5.96 Å². The van der Waals surface area contributed by atoms with Gasteiger partial charge in [0.1, 0.15) is 0 Å². The molecule has 8 heteroatoms. The second kappa shape index (κ2) is 12.6. The van der Waals surface area contributed by atoms with E-state index in [1.54, 1.807) is 24.3 Å². The molecule has 0 aromatic heterocycles. The molecule has 156 valence electrons. The van der Waals surface area contributed by atoms with Gasteiger partial charge in [0.2, 0.25) is 5.91 Å². The van der Waals surface area contributed by atoms with Gasteiger partial charge in [0.25, 0.3) is 0 Å². The molecule has 1 unspecified atom stereocenters. The standard InChI is InChI=1S/C20H32ClN5O2/c1-3-22-20(24-15-16(2)26-11-13-28-14-12-26)23-10-4-5-19(27)25-18-8-6-17(21)7-9-18/h6-9,16H,3-5,10-15H2,1-2H3,(H,25,27)(H2,22,23,24). The van der Waals surface area contributed by atoms with Crippen LogP contribution in [0.4, 0.5) is 5.69 Å². The van der Waals surface area contributed by atoms with Crippen molar-refractivity contribution in [3.63, 3.8) is 0 Å². The van der Waals surface area contributed by atoms with Crippen molar-refractivity contribution in [2.45, 2.75) is 32.7 Å². The quantitative estimate of drug-likeness (QED) is 0.331. The molecule has 0 aliphatic carbocycles. The molecule has 2 rings (SSSR count). The van der Waals surface area contributed by atoms with Crippen molar-refractivity contribution in [1.29, 1.82) is 0 Å². The lowest BCUT2D eigenvalue weighted by Crippen LogP contribution is -2.44. The van der Waals surface area contributed by atoms with Gasteiger partial charge >= 0.3 is 0 Å². The predicted molar refractivity (Wildman–Crippen MR) is 115 cm³/mol. The molecule has 3 N–H and O–H groups in total. The number of aliphatic imine (C=N–C) groups is 1. The van der Waals surface area contributed by atoms with Crippen LogP contribution in [0.25, 0.3) is 0 Å². The number of amides is 1. The number of halogens is 1. The van der Waals surface area contributed by atoms with Gasteiger partial charge in [-0.2, -0.15) is 0 Å². The van der Waals surface area contributed by atoms with E-state index in [9.17, 15) is 4.79 Å². The van der Waals surface area contributed by atoms with Gasteiger partial charge < -0.3 is 20.7 Å². The maximum atomic E-state index is 12.0. The molecule has 1 amide bonds. The van der Waals surface area contributed by atoms with Crippen LogP contribution in [0, 0.1) is 0 Å². The van der Waals surface area contributed by atoms with E-state index in [1.807, 2.05) is 6.92 Å². The van der Waals surface area contributed by atoms with Crippen molar-refractivity contribution < 1.29 is 9.53 Å². The van der Waals surface area contributed by atoms with E-state index >= 15 is 0 Å². The van der Waals surface area contributed by atoms with Crippen LogP contribution in [0.15, 0.2) is 29.3 Å². The third kappa shape index (κ3) is 8.46. The summed E-state index contributed by atoms with van der Waals surface area (Å²) in [6.07, 6.45) is 1.17. The number of ether oxygens (including phenoxy) is 1. The highest BCUT2D eigenvalue weighted by Gasteiger charge is 2.16. The average Bonchev–Trinajstić information content (AvgIpc) is 2.71. The third-order valence-corrected chi connectivity index (χ3v) is 4.78. The van der Waals surface area contributed by atoms with Gasteiger partial charge in [0.05, 0.1) is 19.8 Å². The molecule has 0 bridgehead atoms. The summed E-state index contributed by atoms with van der Waals surface area (Å²) in [6, 6.07) is 7.49. The zero-order valence-corrected chi connectivity index (χ0v) is 17.6. The monoisotopic (exact) mass is 409 g/mol. The molecule has 7 nitrogen and oxygen atoms in total. The molecule has 0 spiro atoms. The molecule has 1 atom stereocenters. The van der Waals surface area contributed by atoms with E-state index < -0.39 is 0 Å². The maximum Gasteiger partial charge on any atom is 0.224 e. The summed E-state index contributed by atoms with van der Waals surface area (Å²) in [4.78, 5) is 19.1. The van der Waals surface area contributed by atoms with Gasteiger partial charge in [-0.15, -0.1) is 0 Å². The first-order chi connectivity index (χ1) is 13.6. The summed E-state index contributed by atoms with van der Waals surface area (Å²) in [7, 11) is 0. The number of morpholine rings is 1. The molecule has 1 aromatic carbocycles. The number of nitrogens with one attached hydrogen (secondary N) is 3. The van der Waals surface area contributed by atoms with Crippen molar-refractivity contribution in [3.8, 4) is 0 Å². The Bertz CT molecular complexity index is 618. The minimum atomic E-state index is -0.00741. The first-order valence-electron chi connectivity index (χ1n) is 9.98. The minimum Gasteiger partial charge on any atom is -0.379 e. The Balaban J connectivity index is 1.68. The smallest absolute Gasteiger partial charge is 0.224 e. The maximum absolute atomic E-state index is 12.0. The minimum absolute atomic E-state index is 0.00741. The fourth-order valence-electron chi connectivity index (χ4n) is 2.91. The lowest BCUT2D eigenvalue weighted by atomic mass is 10.2. The summed E-state index contributed by atoms with van der Waals surface area (Å²) in [5, 5.41) is 10.1. The molecule has 1 fully saturated rings. The highest BCUT2D eigenvalue weighted by Crippen LogP contribution is 2.13. The highest BCUT2D eigenvalue weighted by molar-refractivity contribution is 6.30. The van der Waals surface area contributed by atoms with Crippen LogP contribution in [0.3, 0.4) is 0 Å². The van der Waals surface area contributed by atoms with Crippen molar-refractivity contribution >= 4 is 29.2 Å². The van der Waals surface area contributed by atoms with Crippen molar-refractivity contribution in [1.82, 2.24) is 15.5 Å². The van der Waals surface area contributed by atoms with Crippen LogP contribution in [0.5, 0.6) is 0 Å². The molecule has 1 aromatic rings. The fourth-order valence-corrected chi connectivity index (χ4v) is 3.04. The van der Waals surface area contributed by atoms with Gasteiger partial charge in [-0.25, -0.2) is 0 Å². The van der Waals surface area contributed by atoms with Crippen LogP contribution < -0.4 is 16.0 Å². The molecule has 1 aliphatic rings. The van der Waals surface area contributed by atoms with Crippen LogP contribution in [0.2, 0.25) is 5.02 Å². The number of benzene rings is 1. The summed E-state index contributed by atoms with van der Waals surface area (Å²) in [5.41, 5.74) is 0.759. The fraction of sp³-hybridized carbons (Fsp3) is 0.600. The first-order valence-corrected chi connectivity index (χ1v) is 10.4. The molecular formula is C20H32ClN5O2. The highest BCUT2D eigenvalue weighted by atomic mass is 35.5. The molecule has 0 saturated carbocycles. The number of guanidine groups is 1. The van der Waals surface area contributed by atoms with Crippen LogP contribution in [0.1, 0.15) is 26.7 Å². The van der Waals surface area contributed by atoms with E-state index in [4.69, 9.17) is 16.3 Å². The number of nitrogens with zero attached hydrogens (tertiary/aromatic N) is 2. The normalized spacial score (nSPS) is 16.5. The number of rotatable bonds is 9. The summed E-state index contributed by atoms with van der Waals surface area (Å²) in [5.74, 6) is 0.785. The zero-order valence-electron chi connectivity index (χ0n) is 16.8. The number of anilines is 1. The predicted octanol–water partition coefficient (Wildman–Crippen LogP) is 2.33. The van der Waals surface area contributed by atoms with Crippen molar-refractivity contribution in [2.75, 3.05) is 51.3 Å². The number of carbonyl (C=O) groups excluding carboxylic acids is 1. The molecule has 1 saturated heterocycles. The Morgan fingerprint density at radius 2 is 1.96 bits per heavy atom. The molecule has 1 aliphatic heterocycles. The molecule has 28 heavy (non-hydrogen) atoms. The summed E-state index contributed by atoms with van der Waals surface area (Å²) < 4.78 is 5.40. The van der Waals surface area contributed by atoms with Gasteiger partial charge in [-0.05, 0) is 44.5 Å². The average molecular weight is 410 g/mol. The molecule has 1 heterocycles.